The maximum absolute atomic E-state index is 14.0. The average Bonchev–Trinajstić information content (AvgIpc) is 3.10. The summed E-state index contributed by atoms with van der Waals surface area (Å²) in [7, 11) is 0. The van der Waals surface area contributed by atoms with Crippen LogP contribution in [0.25, 0.3) is 6.08 Å². The Hall–Kier alpha value is -3.45. The fraction of sp³-hybridized carbons (Fsp3) is 0.154. The summed E-state index contributed by atoms with van der Waals surface area (Å²) in [5.41, 5.74) is 3.00. The van der Waals surface area contributed by atoms with Gasteiger partial charge in [0.2, 0.25) is 0 Å². The van der Waals surface area contributed by atoms with Gasteiger partial charge in [0.15, 0.2) is 11.5 Å². The lowest BCUT2D eigenvalue weighted by atomic mass is 10.1. The molecule has 0 saturated carbocycles. The minimum Gasteiger partial charge on any atom is -0.490 e. The molecule has 0 aromatic heterocycles. The summed E-state index contributed by atoms with van der Waals surface area (Å²) in [6, 6.07) is 19.3. The zero-order valence-electron chi connectivity index (χ0n) is 18.2. The number of carbonyl (C=O) groups excluding carboxylic acids is 1. The van der Waals surface area contributed by atoms with Crippen molar-refractivity contribution in [2.75, 3.05) is 11.6 Å². The van der Waals surface area contributed by atoms with Gasteiger partial charge in [-0.15, -0.1) is 0 Å². The number of hydrogen-bond acceptors (Lipinski definition) is 4. The van der Waals surface area contributed by atoms with Crippen LogP contribution in [0.1, 0.15) is 25.0 Å². The number of anilines is 1. The lowest BCUT2D eigenvalue weighted by Gasteiger charge is -2.15. The highest BCUT2D eigenvalue weighted by atomic mass is 79.9. The van der Waals surface area contributed by atoms with E-state index < -0.39 is 0 Å². The number of benzene rings is 3. The molecule has 0 aliphatic carbocycles. The van der Waals surface area contributed by atoms with Crippen LogP contribution in [0, 0.1) is 5.82 Å². The second-order valence-corrected chi connectivity index (χ2v) is 8.18. The summed E-state index contributed by atoms with van der Waals surface area (Å²) in [4.78, 5) is 13.0. The Morgan fingerprint density at radius 3 is 2.45 bits per heavy atom. The van der Waals surface area contributed by atoms with Crippen molar-refractivity contribution in [1.82, 2.24) is 0 Å². The smallest absolute Gasteiger partial charge is 0.280 e. The number of ether oxygens (including phenoxy) is 2. The first-order valence-corrected chi connectivity index (χ1v) is 11.3. The highest BCUT2D eigenvalue weighted by Gasteiger charge is 2.29. The number of para-hydroxylation sites is 1. The molecule has 1 aliphatic heterocycles. The molecule has 0 radical (unpaired) electrons. The minimum absolute atomic E-state index is 0.0654. The van der Waals surface area contributed by atoms with Crippen molar-refractivity contribution in [3.05, 3.63) is 93.7 Å². The third-order valence-electron chi connectivity index (χ3n) is 5.07. The molecule has 7 heteroatoms. The molecular weight excluding hydrogens is 487 g/mol. The van der Waals surface area contributed by atoms with Gasteiger partial charge in [0.25, 0.3) is 5.91 Å². The third-order valence-corrected chi connectivity index (χ3v) is 5.75. The van der Waals surface area contributed by atoms with Crippen LogP contribution in [0.3, 0.4) is 0 Å². The topological polar surface area (TPSA) is 51.1 Å². The van der Waals surface area contributed by atoms with Gasteiger partial charge < -0.3 is 9.47 Å². The normalized spacial score (nSPS) is 14.5. The highest BCUT2D eigenvalue weighted by Crippen LogP contribution is 2.36. The predicted molar refractivity (Wildman–Crippen MR) is 131 cm³/mol. The van der Waals surface area contributed by atoms with Gasteiger partial charge in [-0.3, -0.25) is 4.79 Å². The van der Waals surface area contributed by atoms with Gasteiger partial charge in [-0.05, 0) is 55.8 Å². The van der Waals surface area contributed by atoms with E-state index in [0.717, 1.165) is 5.56 Å². The first kappa shape index (κ1) is 22.7. The molecule has 5 nitrogen and oxygen atoms in total. The molecule has 0 N–H and O–H groups in total. The summed E-state index contributed by atoms with van der Waals surface area (Å²) in [6.45, 7) is 4.16. The summed E-state index contributed by atoms with van der Waals surface area (Å²) in [5, 5.41) is 5.81. The monoisotopic (exact) mass is 508 g/mol. The zero-order chi connectivity index (χ0) is 23.4. The van der Waals surface area contributed by atoms with E-state index in [1.807, 2.05) is 37.3 Å². The molecule has 3 aromatic carbocycles. The predicted octanol–water partition coefficient (Wildman–Crippen LogP) is 6.37. The van der Waals surface area contributed by atoms with Gasteiger partial charge in [-0.25, -0.2) is 4.39 Å². The molecule has 1 heterocycles. The number of hydrogen-bond donors (Lipinski definition) is 0. The summed E-state index contributed by atoms with van der Waals surface area (Å²) in [6.07, 6.45) is 1.78. The fourth-order valence-electron chi connectivity index (χ4n) is 3.40. The van der Waals surface area contributed by atoms with Crippen molar-refractivity contribution in [2.45, 2.75) is 20.5 Å². The Balaban J connectivity index is 1.62. The average molecular weight is 509 g/mol. The van der Waals surface area contributed by atoms with E-state index in [1.54, 1.807) is 43.3 Å². The van der Waals surface area contributed by atoms with Gasteiger partial charge in [0.1, 0.15) is 12.4 Å². The number of nitrogens with zero attached hydrogens (tertiary/aromatic N) is 2. The Morgan fingerprint density at radius 1 is 1.03 bits per heavy atom. The Bertz CT molecular complexity index is 1240. The summed E-state index contributed by atoms with van der Waals surface area (Å²) < 4.78 is 26.3. The van der Waals surface area contributed by atoms with Crippen LogP contribution in [0.2, 0.25) is 0 Å². The molecule has 168 valence electrons. The van der Waals surface area contributed by atoms with E-state index in [-0.39, 0.29) is 18.3 Å². The molecule has 1 aliphatic rings. The Labute approximate surface area is 200 Å². The van der Waals surface area contributed by atoms with E-state index in [9.17, 15) is 9.18 Å². The van der Waals surface area contributed by atoms with Crippen molar-refractivity contribution in [1.29, 1.82) is 0 Å². The van der Waals surface area contributed by atoms with E-state index in [1.165, 1.54) is 11.1 Å². The Morgan fingerprint density at radius 2 is 1.73 bits per heavy atom. The van der Waals surface area contributed by atoms with Crippen LogP contribution in [0.5, 0.6) is 11.5 Å². The van der Waals surface area contributed by atoms with E-state index >= 15 is 0 Å². The third kappa shape index (κ3) is 4.98. The van der Waals surface area contributed by atoms with Crippen molar-refractivity contribution >= 4 is 39.3 Å². The van der Waals surface area contributed by atoms with E-state index in [0.29, 0.717) is 45.1 Å². The number of halogens is 2. The number of amides is 1. The fourth-order valence-corrected chi connectivity index (χ4v) is 3.83. The molecule has 0 bridgehead atoms. The van der Waals surface area contributed by atoms with Crippen molar-refractivity contribution in [2.24, 2.45) is 5.10 Å². The van der Waals surface area contributed by atoms with E-state index in [2.05, 4.69) is 21.0 Å². The minimum atomic E-state index is -0.326. The lowest BCUT2D eigenvalue weighted by molar-refractivity contribution is -0.114. The molecule has 3 aromatic rings. The van der Waals surface area contributed by atoms with Crippen LogP contribution < -0.4 is 14.5 Å². The van der Waals surface area contributed by atoms with Gasteiger partial charge >= 0.3 is 0 Å². The van der Waals surface area contributed by atoms with Crippen LogP contribution in [-0.4, -0.2) is 18.2 Å². The Kier molecular flexibility index (Phi) is 6.89. The van der Waals surface area contributed by atoms with Crippen LogP contribution >= 0.6 is 15.9 Å². The number of rotatable bonds is 7. The maximum atomic E-state index is 14.0. The first-order chi connectivity index (χ1) is 16.0. The largest absolute Gasteiger partial charge is 0.490 e. The molecule has 33 heavy (non-hydrogen) atoms. The molecular formula is C26H22BrFN2O3. The summed E-state index contributed by atoms with van der Waals surface area (Å²) >= 11 is 3.56. The van der Waals surface area contributed by atoms with Gasteiger partial charge in [-0.2, -0.15) is 10.1 Å². The molecule has 0 unspecified atom stereocenters. The standard InChI is InChI=1S/C26H22BrFN2O3/c1-3-32-24-14-19(22(27)15-25(24)33-16-18-9-7-8-12-23(18)28)13-21-17(2)29-30(26(21)31)20-10-5-4-6-11-20/h4-15H,3,16H2,1-2H3/b21-13+. The molecule has 0 spiro atoms. The van der Waals surface area contributed by atoms with Crippen molar-refractivity contribution in [3.63, 3.8) is 0 Å². The van der Waals surface area contributed by atoms with Crippen LogP contribution in [-0.2, 0) is 11.4 Å². The molecule has 0 fully saturated rings. The molecule has 1 amide bonds. The SMILES string of the molecule is CCOc1cc(/C=C2/C(=O)N(c3ccccc3)N=C2C)c(Br)cc1OCc1ccccc1F. The van der Waals surface area contributed by atoms with Gasteiger partial charge in [0.05, 0.1) is 23.6 Å². The molecule has 0 saturated heterocycles. The zero-order valence-corrected chi connectivity index (χ0v) is 19.8. The quantitative estimate of drug-likeness (QED) is 0.348. The maximum Gasteiger partial charge on any atom is 0.280 e. The van der Waals surface area contributed by atoms with Crippen LogP contribution in [0.4, 0.5) is 10.1 Å². The van der Waals surface area contributed by atoms with Crippen molar-refractivity contribution < 1.29 is 18.7 Å². The van der Waals surface area contributed by atoms with Gasteiger partial charge in [0, 0.05) is 10.0 Å². The summed E-state index contributed by atoms with van der Waals surface area (Å²) in [5.74, 6) is 0.448. The number of hydrazone groups is 1. The lowest BCUT2D eigenvalue weighted by Crippen LogP contribution is -2.21. The highest BCUT2D eigenvalue weighted by molar-refractivity contribution is 9.10. The number of carbonyl (C=O) groups is 1. The molecule has 0 atom stereocenters. The second-order valence-electron chi connectivity index (χ2n) is 7.33. The molecule has 4 rings (SSSR count). The van der Waals surface area contributed by atoms with Gasteiger partial charge in [-0.1, -0.05) is 52.3 Å². The second kappa shape index (κ2) is 10.0. The first-order valence-electron chi connectivity index (χ1n) is 10.5. The van der Waals surface area contributed by atoms with Crippen LogP contribution in [0.15, 0.2) is 81.9 Å². The van der Waals surface area contributed by atoms with Crippen molar-refractivity contribution in [3.8, 4) is 11.5 Å². The van der Waals surface area contributed by atoms with E-state index in [4.69, 9.17) is 9.47 Å².